The van der Waals surface area contributed by atoms with E-state index in [0.717, 1.165) is 32.5 Å². The number of hydrogen-bond acceptors (Lipinski definition) is 4. The largest absolute Gasteiger partial charge is 0.299 e. The van der Waals surface area contributed by atoms with E-state index in [4.69, 9.17) is 4.84 Å². The minimum Gasteiger partial charge on any atom is -0.299 e. The zero-order valence-corrected chi connectivity index (χ0v) is 11.9. The maximum Gasteiger partial charge on any atom is 0.249 e. The molecule has 2 aliphatic heterocycles. The van der Waals surface area contributed by atoms with Gasteiger partial charge < -0.3 is 0 Å². The number of hydrogen-bond donors (Lipinski definition) is 0. The smallest absolute Gasteiger partial charge is 0.249 e. The predicted octanol–water partition coefficient (Wildman–Crippen LogP) is 1.60. The number of nitrogens with zero attached hydrogens (tertiary/aromatic N) is 3. The second kappa shape index (κ2) is 5.50. The summed E-state index contributed by atoms with van der Waals surface area (Å²) in [6.45, 7) is 5.50. The predicted molar refractivity (Wildman–Crippen MR) is 74.6 cm³/mol. The summed E-state index contributed by atoms with van der Waals surface area (Å²) in [5.74, 6) is 0.134. The number of amides is 1. The maximum absolute atomic E-state index is 11.8. The van der Waals surface area contributed by atoms with Gasteiger partial charge in [0, 0.05) is 38.6 Å². The van der Waals surface area contributed by atoms with E-state index in [-0.39, 0.29) is 11.5 Å². The Labute approximate surface area is 119 Å². The van der Waals surface area contributed by atoms with Crippen LogP contribution in [-0.4, -0.2) is 46.1 Å². The topological polar surface area (TPSA) is 45.7 Å². The highest BCUT2D eigenvalue weighted by Crippen LogP contribution is 2.36. The molecule has 2 fully saturated rings. The summed E-state index contributed by atoms with van der Waals surface area (Å²) in [7, 11) is 0. The van der Waals surface area contributed by atoms with E-state index in [1.165, 1.54) is 10.6 Å². The first-order valence-electron chi connectivity index (χ1n) is 7.31. The number of aromatic nitrogens is 1. The number of pyridine rings is 1. The van der Waals surface area contributed by atoms with Gasteiger partial charge in [0.15, 0.2) is 0 Å². The number of carbonyl (C=O) groups is 1. The molecule has 1 spiro atoms. The van der Waals surface area contributed by atoms with E-state index in [2.05, 4.69) is 22.0 Å². The molecule has 1 amide bonds. The molecule has 0 atom stereocenters. The zero-order valence-electron chi connectivity index (χ0n) is 11.9. The molecule has 5 nitrogen and oxygen atoms in total. The van der Waals surface area contributed by atoms with E-state index < -0.39 is 0 Å². The molecule has 3 heterocycles. The molecule has 5 heteroatoms. The van der Waals surface area contributed by atoms with E-state index in [1.54, 1.807) is 0 Å². The molecule has 0 aromatic carbocycles. The van der Waals surface area contributed by atoms with Gasteiger partial charge in [-0.2, -0.15) is 0 Å². The standard InChI is InChI=1S/C15H21N3O2/c1-2-18-14(19)11-15(20-18)5-9-17(10-6-15)12-13-3-7-16-8-4-13/h3-4,7-8H,2,5-6,9-12H2,1H3. The maximum atomic E-state index is 11.8. The Morgan fingerprint density at radius 3 is 2.60 bits per heavy atom. The van der Waals surface area contributed by atoms with Crippen molar-refractivity contribution in [2.75, 3.05) is 19.6 Å². The molecule has 0 bridgehead atoms. The SMILES string of the molecule is CCN1OC2(CCN(Cc3ccncc3)CC2)CC1=O. The van der Waals surface area contributed by atoms with Crippen LogP contribution < -0.4 is 0 Å². The number of carbonyl (C=O) groups excluding carboxylic acids is 1. The number of rotatable bonds is 3. The molecular formula is C15H21N3O2. The first-order valence-corrected chi connectivity index (χ1v) is 7.31. The van der Waals surface area contributed by atoms with E-state index in [9.17, 15) is 4.79 Å². The highest BCUT2D eigenvalue weighted by Gasteiger charge is 2.46. The van der Waals surface area contributed by atoms with Crippen molar-refractivity contribution in [3.05, 3.63) is 30.1 Å². The third-order valence-electron chi connectivity index (χ3n) is 4.27. The zero-order chi connectivity index (χ0) is 14.0. The van der Waals surface area contributed by atoms with Gasteiger partial charge in [-0.3, -0.25) is 19.5 Å². The van der Waals surface area contributed by atoms with Crippen LogP contribution in [0.5, 0.6) is 0 Å². The van der Waals surface area contributed by atoms with Crippen molar-refractivity contribution in [2.24, 2.45) is 0 Å². The Kier molecular flexibility index (Phi) is 3.72. The van der Waals surface area contributed by atoms with Gasteiger partial charge in [-0.05, 0) is 37.5 Å². The summed E-state index contributed by atoms with van der Waals surface area (Å²) < 4.78 is 0. The molecule has 108 valence electrons. The van der Waals surface area contributed by atoms with Crippen LogP contribution in [0.3, 0.4) is 0 Å². The summed E-state index contributed by atoms with van der Waals surface area (Å²) in [5.41, 5.74) is 1.05. The van der Waals surface area contributed by atoms with Gasteiger partial charge in [-0.1, -0.05) is 0 Å². The van der Waals surface area contributed by atoms with Crippen LogP contribution >= 0.6 is 0 Å². The van der Waals surface area contributed by atoms with Crippen LogP contribution in [0.25, 0.3) is 0 Å². The van der Waals surface area contributed by atoms with Crippen LogP contribution in [0.2, 0.25) is 0 Å². The summed E-state index contributed by atoms with van der Waals surface area (Å²) >= 11 is 0. The van der Waals surface area contributed by atoms with Crippen molar-refractivity contribution >= 4 is 5.91 Å². The number of hydroxylamine groups is 2. The van der Waals surface area contributed by atoms with Crippen molar-refractivity contribution in [1.29, 1.82) is 0 Å². The summed E-state index contributed by atoms with van der Waals surface area (Å²) in [6.07, 6.45) is 6.07. The molecule has 0 aliphatic carbocycles. The van der Waals surface area contributed by atoms with Crippen LogP contribution in [0.4, 0.5) is 0 Å². The van der Waals surface area contributed by atoms with Crippen molar-refractivity contribution in [1.82, 2.24) is 14.9 Å². The van der Waals surface area contributed by atoms with Gasteiger partial charge in [0.2, 0.25) is 5.91 Å². The summed E-state index contributed by atoms with van der Waals surface area (Å²) in [6, 6.07) is 4.11. The third kappa shape index (κ3) is 2.69. The number of piperidine rings is 1. The lowest BCUT2D eigenvalue weighted by molar-refractivity contribution is -0.208. The lowest BCUT2D eigenvalue weighted by Gasteiger charge is -2.37. The Morgan fingerprint density at radius 2 is 2.00 bits per heavy atom. The van der Waals surface area contributed by atoms with Crippen molar-refractivity contribution in [3.63, 3.8) is 0 Å². The molecule has 2 saturated heterocycles. The van der Waals surface area contributed by atoms with Crippen LogP contribution in [0, 0.1) is 0 Å². The second-order valence-electron chi connectivity index (χ2n) is 5.67. The average molecular weight is 275 g/mol. The Bertz CT molecular complexity index is 469. The monoisotopic (exact) mass is 275 g/mol. The van der Waals surface area contributed by atoms with Crippen molar-refractivity contribution in [3.8, 4) is 0 Å². The molecule has 0 radical (unpaired) electrons. The molecule has 2 aliphatic rings. The molecule has 20 heavy (non-hydrogen) atoms. The number of likely N-dealkylation sites (tertiary alicyclic amines) is 1. The third-order valence-corrected chi connectivity index (χ3v) is 4.27. The average Bonchev–Trinajstić information content (AvgIpc) is 2.79. The van der Waals surface area contributed by atoms with E-state index >= 15 is 0 Å². The van der Waals surface area contributed by atoms with E-state index in [0.29, 0.717) is 13.0 Å². The Hall–Kier alpha value is -1.46. The van der Waals surface area contributed by atoms with Crippen LogP contribution in [0.1, 0.15) is 31.7 Å². The van der Waals surface area contributed by atoms with Crippen LogP contribution in [-0.2, 0) is 16.2 Å². The minimum atomic E-state index is -0.234. The highest BCUT2D eigenvalue weighted by atomic mass is 16.7. The normalized spacial score (nSPS) is 22.6. The first kappa shape index (κ1) is 13.5. The van der Waals surface area contributed by atoms with Crippen LogP contribution in [0.15, 0.2) is 24.5 Å². The van der Waals surface area contributed by atoms with Gasteiger partial charge in [0.05, 0.1) is 6.42 Å². The Balaban J connectivity index is 1.56. The van der Waals surface area contributed by atoms with Gasteiger partial charge in [0.1, 0.15) is 5.60 Å². The molecule has 1 aromatic rings. The highest BCUT2D eigenvalue weighted by molar-refractivity contribution is 5.78. The van der Waals surface area contributed by atoms with Gasteiger partial charge in [0.25, 0.3) is 0 Å². The molecular weight excluding hydrogens is 254 g/mol. The van der Waals surface area contributed by atoms with Gasteiger partial charge in [-0.25, -0.2) is 5.06 Å². The summed E-state index contributed by atoms with van der Waals surface area (Å²) in [5, 5.41) is 1.53. The van der Waals surface area contributed by atoms with E-state index in [1.807, 2.05) is 19.3 Å². The molecule has 1 aromatic heterocycles. The fraction of sp³-hybridized carbons (Fsp3) is 0.600. The summed E-state index contributed by atoms with van der Waals surface area (Å²) in [4.78, 5) is 24.2. The quantitative estimate of drug-likeness (QED) is 0.840. The molecule has 0 saturated carbocycles. The fourth-order valence-electron chi connectivity index (χ4n) is 3.05. The molecule has 3 rings (SSSR count). The van der Waals surface area contributed by atoms with Crippen molar-refractivity contribution < 1.29 is 9.63 Å². The lowest BCUT2D eigenvalue weighted by Crippen LogP contribution is -2.44. The second-order valence-corrected chi connectivity index (χ2v) is 5.67. The van der Waals surface area contributed by atoms with Gasteiger partial charge >= 0.3 is 0 Å². The first-order chi connectivity index (χ1) is 9.71. The van der Waals surface area contributed by atoms with Gasteiger partial charge in [-0.15, -0.1) is 0 Å². The fourth-order valence-corrected chi connectivity index (χ4v) is 3.05. The molecule has 0 N–H and O–H groups in total. The lowest BCUT2D eigenvalue weighted by atomic mass is 9.88. The minimum absolute atomic E-state index is 0.134. The molecule has 0 unspecified atom stereocenters. The van der Waals surface area contributed by atoms with Crippen molar-refractivity contribution in [2.45, 2.75) is 38.3 Å². The Morgan fingerprint density at radius 1 is 1.30 bits per heavy atom.